The van der Waals surface area contributed by atoms with Crippen LogP contribution in [-0.4, -0.2) is 13.7 Å². The predicted octanol–water partition coefficient (Wildman–Crippen LogP) is 4.29. The van der Waals surface area contributed by atoms with E-state index in [1.807, 2.05) is 37.4 Å². The largest absolute Gasteiger partial charge is 0.492 e. The van der Waals surface area contributed by atoms with Crippen molar-refractivity contribution in [2.24, 2.45) is 0 Å². The van der Waals surface area contributed by atoms with Crippen LogP contribution in [0.5, 0.6) is 5.75 Å². The highest BCUT2D eigenvalue weighted by Crippen LogP contribution is 2.36. The molecule has 1 unspecified atom stereocenters. The van der Waals surface area contributed by atoms with Gasteiger partial charge in [0, 0.05) is 0 Å². The summed E-state index contributed by atoms with van der Waals surface area (Å²) < 4.78 is 5.86. The standard InChI is InChI=1S/C19H23NO/c1-20-19(14-21-18-8-3-2-4-9-18)17-12-10-16(11-13-17)15-6-5-7-15/h2-4,8-13,15,19-20H,5-7,14H2,1H3. The minimum absolute atomic E-state index is 0.223. The summed E-state index contributed by atoms with van der Waals surface area (Å²) in [5.74, 6) is 1.72. The molecule has 0 aromatic heterocycles. The van der Waals surface area contributed by atoms with Gasteiger partial charge in [0.2, 0.25) is 0 Å². The molecule has 0 spiro atoms. The van der Waals surface area contributed by atoms with Gasteiger partial charge in [0.15, 0.2) is 0 Å². The average Bonchev–Trinajstić information content (AvgIpc) is 2.49. The molecular weight excluding hydrogens is 258 g/mol. The molecule has 0 radical (unpaired) electrons. The molecule has 2 heteroatoms. The van der Waals surface area contributed by atoms with Crippen molar-refractivity contribution in [2.45, 2.75) is 31.2 Å². The predicted molar refractivity (Wildman–Crippen MR) is 86.8 cm³/mol. The van der Waals surface area contributed by atoms with Crippen molar-refractivity contribution in [3.63, 3.8) is 0 Å². The number of para-hydroxylation sites is 1. The molecule has 1 saturated carbocycles. The molecule has 21 heavy (non-hydrogen) atoms. The van der Waals surface area contributed by atoms with E-state index < -0.39 is 0 Å². The summed E-state index contributed by atoms with van der Waals surface area (Å²) in [6.07, 6.45) is 4.09. The summed E-state index contributed by atoms with van der Waals surface area (Å²) in [6, 6.07) is 19.2. The van der Waals surface area contributed by atoms with Crippen LogP contribution in [0.3, 0.4) is 0 Å². The van der Waals surface area contributed by atoms with Gasteiger partial charge in [-0.05, 0) is 49.1 Å². The minimum Gasteiger partial charge on any atom is -0.492 e. The Hall–Kier alpha value is -1.80. The quantitative estimate of drug-likeness (QED) is 0.852. The van der Waals surface area contributed by atoms with E-state index >= 15 is 0 Å². The van der Waals surface area contributed by atoms with E-state index in [1.54, 1.807) is 0 Å². The summed E-state index contributed by atoms with van der Waals surface area (Å²) in [5, 5.41) is 3.34. The Labute approximate surface area is 127 Å². The second-order valence-corrected chi connectivity index (χ2v) is 5.76. The molecule has 0 heterocycles. The summed E-state index contributed by atoms with van der Waals surface area (Å²) in [6.45, 7) is 0.642. The first-order valence-corrected chi connectivity index (χ1v) is 7.82. The maximum atomic E-state index is 5.86. The summed E-state index contributed by atoms with van der Waals surface area (Å²) >= 11 is 0. The third kappa shape index (κ3) is 3.45. The SMILES string of the molecule is CNC(COc1ccccc1)c1ccc(C2CCC2)cc1. The maximum Gasteiger partial charge on any atom is 0.119 e. The number of hydrogen-bond donors (Lipinski definition) is 1. The Morgan fingerprint density at radius 1 is 1.05 bits per heavy atom. The van der Waals surface area contributed by atoms with Gasteiger partial charge in [-0.1, -0.05) is 48.9 Å². The van der Waals surface area contributed by atoms with Gasteiger partial charge in [0.1, 0.15) is 12.4 Å². The van der Waals surface area contributed by atoms with Crippen molar-refractivity contribution < 1.29 is 4.74 Å². The van der Waals surface area contributed by atoms with E-state index in [4.69, 9.17) is 4.74 Å². The fourth-order valence-electron chi connectivity index (χ4n) is 2.78. The normalized spacial score (nSPS) is 16.2. The van der Waals surface area contributed by atoms with Gasteiger partial charge >= 0.3 is 0 Å². The molecule has 2 nitrogen and oxygen atoms in total. The van der Waals surface area contributed by atoms with Crippen LogP contribution in [0.4, 0.5) is 0 Å². The zero-order valence-corrected chi connectivity index (χ0v) is 12.6. The van der Waals surface area contributed by atoms with Crippen molar-refractivity contribution in [3.8, 4) is 5.75 Å². The number of nitrogens with one attached hydrogen (secondary N) is 1. The van der Waals surface area contributed by atoms with E-state index in [0.29, 0.717) is 6.61 Å². The van der Waals surface area contributed by atoms with Gasteiger partial charge in [-0.2, -0.15) is 0 Å². The molecule has 0 aliphatic heterocycles. The molecule has 1 N–H and O–H groups in total. The number of likely N-dealkylation sites (N-methyl/N-ethyl adjacent to an activating group) is 1. The Morgan fingerprint density at radius 3 is 2.33 bits per heavy atom. The zero-order chi connectivity index (χ0) is 14.5. The van der Waals surface area contributed by atoms with E-state index in [2.05, 4.69) is 29.6 Å². The van der Waals surface area contributed by atoms with Crippen LogP contribution < -0.4 is 10.1 Å². The number of benzene rings is 2. The number of hydrogen-bond acceptors (Lipinski definition) is 2. The van der Waals surface area contributed by atoms with Crippen molar-refractivity contribution in [2.75, 3.05) is 13.7 Å². The second kappa shape index (κ2) is 6.77. The monoisotopic (exact) mass is 281 g/mol. The molecule has 1 aliphatic carbocycles. The Balaban J connectivity index is 1.62. The Morgan fingerprint density at radius 2 is 1.76 bits per heavy atom. The van der Waals surface area contributed by atoms with Crippen molar-refractivity contribution in [3.05, 3.63) is 65.7 Å². The molecular formula is C19H23NO. The van der Waals surface area contributed by atoms with Crippen LogP contribution in [0.1, 0.15) is 42.3 Å². The third-order valence-corrected chi connectivity index (χ3v) is 4.42. The topological polar surface area (TPSA) is 21.3 Å². The summed E-state index contributed by atoms with van der Waals surface area (Å²) in [7, 11) is 1.98. The fourth-order valence-corrected chi connectivity index (χ4v) is 2.78. The smallest absolute Gasteiger partial charge is 0.119 e. The van der Waals surface area contributed by atoms with Gasteiger partial charge in [-0.25, -0.2) is 0 Å². The van der Waals surface area contributed by atoms with E-state index in [-0.39, 0.29) is 6.04 Å². The number of rotatable bonds is 6. The van der Waals surface area contributed by atoms with E-state index in [9.17, 15) is 0 Å². The van der Waals surface area contributed by atoms with Crippen LogP contribution in [0.25, 0.3) is 0 Å². The summed E-state index contributed by atoms with van der Waals surface area (Å²) in [5.41, 5.74) is 2.78. The van der Waals surface area contributed by atoms with Crippen LogP contribution in [0, 0.1) is 0 Å². The molecule has 1 atom stereocenters. The van der Waals surface area contributed by atoms with E-state index in [0.717, 1.165) is 11.7 Å². The molecule has 0 amide bonds. The Kier molecular flexibility index (Phi) is 4.56. The van der Waals surface area contributed by atoms with Gasteiger partial charge in [-0.3, -0.25) is 0 Å². The zero-order valence-electron chi connectivity index (χ0n) is 12.6. The van der Waals surface area contributed by atoms with Crippen LogP contribution in [0.15, 0.2) is 54.6 Å². The summed E-state index contributed by atoms with van der Waals surface area (Å²) in [4.78, 5) is 0. The molecule has 2 aromatic carbocycles. The highest BCUT2D eigenvalue weighted by atomic mass is 16.5. The van der Waals surface area contributed by atoms with Gasteiger partial charge in [0.25, 0.3) is 0 Å². The van der Waals surface area contributed by atoms with Crippen molar-refractivity contribution in [1.82, 2.24) is 5.32 Å². The first-order chi connectivity index (χ1) is 10.4. The first-order valence-electron chi connectivity index (χ1n) is 7.82. The highest BCUT2D eigenvalue weighted by Gasteiger charge is 2.19. The first kappa shape index (κ1) is 14.2. The lowest BCUT2D eigenvalue weighted by Crippen LogP contribution is -2.23. The van der Waals surface area contributed by atoms with Gasteiger partial charge in [-0.15, -0.1) is 0 Å². The van der Waals surface area contributed by atoms with E-state index in [1.165, 1.54) is 30.4 Å². The number of ether oxygens (including phenoxy) is 1. The van der Waals surface area contributed by atoms with Gasteiger partial charge < -0.3 is 10.1 Å². The minimum atomic E-state index is 0.223. The molecule has 2 aromatic rings. The van der Waals surface area contributed by atoms with Gasteiger partial charge in [0.05, 0.1) is 6.04 Å². The second-order valence-electron chi connectivity index (χ2n) is 5.76. The molecule has 1 aliphatic rings. The molecule has 3 rings (SSSR count). The highest BCUT2D eigenvalue weighted by molar-refractivity contribution is 5.29. The molecule has 1 fully saturated rings. The lowest BCUT2D eigenvalue weighted by molar-refractivity contribution is 0.273. The molecule has 110 valence electrons. The van der Waals surface area contributed by atoms with Crippen LogP contribution >= 0.6 is 0 Å². The Bertz CT molecular complexity index is 546. The van der Waals surface area contributed by atoms with Crippen molar-refractivity contribution >= 4 is 0 Å². The molecule has 0 bridgehead atoms. The maximum absolute atomic E-state index is 5.86. The van der Waals surface area contributed by atoms with Crippen LogP contribution in [-0.2, 0) is 0 Å². The lowest BCUT2D eigenvalue weighted by Gasteiger charge is -2.26. The average molecular weight is 281 g/mol. The lowest BCUT2D eigenvalue weighted by atomic mass is 9.80. The van der Waals surface area contributed by atoms with Crippen molar-refractivity contribution in [1.29, 1.82) is 0 Å². The molecule has 0 saturated heterocycles. The third-order valence-electron chi connectivity index (χ3n) is 4.42. The van der Waals surface area contributed by atoms with Crippen LogP contribution in [0.2, 0.25) is 0 Å². The fraction of sp³-hybridized carbons (Fsp3) is 0.368.